The summed E-state index contributed by atoms with van der Waals surface area (Å²) in [5.41, 5.74) is 2.61. The highest BCUT2D eigenvalue weighted by atomic mass is 16.5. The zero-order valence-electron chi connectivity index (χ0n) is 11.5. The molecule has 0 saturated heterocycles. The van der Waals surface area contributed by atoms with E-state index in [0.717, 1.165) is 31.1 Å². The Morgan fingerprint density at radius 2 is 2.26 bits per heavy atom. The predicted molar refractivity (Wildman–Crippen MR) is 75.6 cm³/mol. The van der Waals surface area contributed by atoms with Gasteiger partial charge in [0, 0.05) is 26.0 Å². The summed E-state index contributed by atoms with van der Waals surface area (Å²) in [6.07, 6.45) is 6.15. The Bertz CT molecular complexity index is 562. The number of imidazole rings is 1. The van der Waals surface area contributed by atoms with Crippen molar-refractivity contribution < 1.29 is 4.74 Å². The Morgan fingerprint density at radius 3 is 3.00 bits per heavy atom. The monoisotopic (exact) mass is 257 g/mol. The minimum absolute atomic E-state index is 0.830. The van der Waals surface area contributed by atoms with Crippen LogP contribution >= 0.6 is 0 Å². The number of ether oxygens (including phenoxy) is 1. The smallest absolute Gasteiger partial charge is 0.142 e. The fourth-order valence-electron chi connectivity index (χ4n) is 2.74. The van der Waals surface area contributed by atoms with Crippen LogP contribution in [-0.2, 0) is 20.0 Å². The number of hydrogen-bond donors (Lipinski definition) is 0. The maximum Gasteiger partial charge on any atom is 0.142 e. The van der Waals surface area contributed by atoms with E-state index in [-0.39, 0.29) is 0 Å². The van der Waals surface area contributed by atoms with Gasteiger partial charge in [-0.3, -0.25) is 0 Å². The first-order valence-corrected chi connectivity index (χ1v) is 6.66. The Hall–Kier alpha value is -1.97. The second-order valence-electron chi connectivity index (χ2n) is 4.95. The normalized spacial score (nSPS) is 14.3. The molecule has 0 N–H and O–H groups in total. The number of methoxy groups -OCH3 is 1. The summed E-state index contributed by atoms with van der Waals surface area (Å²) in [7, 11) is 3.78. The topological polar surface area (TPSA) is 30.3 Å². The summed E-state index contributed by atoms with van der Waals surface area (Å²) in [6, 6.07) is 6.31. The molecule has 1 aromatic carbocycles. The number of fused-ring (bicyclic) bond motifs is 1. The van der Waals surface area contributed by atoms with E-state index >= 15 is 0 Å². The van der Waals surface area contributed by atoms with Crippen LogP contribution in [0.1, 0.15) is 17.8 Å². The van der Waals surface area contributed by atoms with Crippen molar-refractivity contribution in [3.8, 4) is 5.75 Å². The van der Waals surface area contributed by atoms with Crippen LogP contribution in [0, 0.1) is 0 Å². The summed E-state index contributed by atoms with van der Waals surface area (Å²) in [6.45, 7) is 1.89. The van der Waals surface area contributed by atoms with E-state index in [0.29, 0.717) is 0 Å². The average molecular weight is 257 g/mol. The Labute approximate surface area is 113 Å². The zero-order chi connectivity index (χ0) is 13.2. The van der Waals surface area contributed by atoms with Crippen LogP contribution in [0.5, 0.6) is 5.75 Å². The van der Waals surface area contributed by atoms with Crippen molar-refractivity contribution in [3.63, 3.8) is 0 Å². The van der Waals surface area contributed by atoms with Crippen LogP contribution in [0.15, 0.2) is 30.6 Å². The molecule has 2 heterocycles. The average Bonchev–Trinajstić information content (AvgIpc) is 2.84. The maximum atomic E-state index is 5.52. The summed E-state index contributed by atoms with van der Waals surface area (Å²) < 4.78 is 7.60. The highest BCUT2D eigenvalue weighted by Crippen LogP contribution is 2.36. The summed E-state index contributed by atoms with van der Waals surface area (Å²) in [5, 5.41) is 0. The molecule has 4 nitrogen and oxygen atoms in total. The van der Waals surface area contributed by atoms with Gasteiger partial charge in [0.1, 0.15) is 11.6 Å². The number of anilines is 1. The zero-order valence-corrected chi connectivity index (χ0v) is 11.5. The minimum atomic E-state index is 0.830. The van der Waals surface area contributed by atoms with Gasteiger partial charge >= 0.3 is 0 Å². The second kappa shape index (κ2) is 4.96. The summed E-state index contributed by atoms with van der Waals surface area (Å²) in [4.78, 5) is 6.79. The first-order chi connectivity index (χ1) is 9.29. The molecule has 3 rings (SSSR count). The first kappa shape index (κ1) is 12.1. The standard InChI is InChI=1S/C15H19N3O/c1-17-10-8-16-14(17)11-18-9-4-6-12-5-3-7-13(19-2)15(12)18/h3,5,7-8,10H,4,6,9,11H2,1-2H3. The lowest BCUT2D eigenvalue weighted by atomic mass is 10.0. The largest absolute Gasteiger partial charge is 0.495 e. The van der Waals surface area contributed by atoms with Crippen LogP contribution < -0.4 is 9.64 Å². The van der Waals surface area contributed by atoms with Crippen LogP contribution in [0.25, 0.3) is 0 Å². The van der Waals surface area contributed by atoms with E-state index in [4.69, 9.17) is 4.74 Å². The number of benzene rings is 1. The number of aryl methyl sites for hydroxylation is 2. The lowest BCUT2D eigenvalue weighted by Gasteiger charge is -2.32. The van der Waals surface area contributed by atoms with Crippen molar-refractivity contribution in [1.29, 1.82) is 0 Å². The highest BCUT2D eigenvalue weighted by Gasteiger charge is 2.21. The molecule has 100 valence electrons. The van der Waals surface area contributed by atoms with Crippen LogP contribution in [-0.4, -0.2) is 23.2 Å². The number of aromatic nitrogens is 2. The van der Waals surface area contributed by atoms with Crippen molar-refractivity contribution >= 4 is 5.69 Å². The van der Waals surface area contributed by atoms with Gasteiger partial charge in [0.2, 0.25) is 0 Å². The second-order valence-corrected chi connectivity index (χ2v) is 4.95. The van der Waals surface area contributed by atoms with Gasteiger partial charge in [-0.25, -0.2) is 4.98 Å². The molecule has 4 heteroatoms. The third kappa shape index (κ3) is 2.18. The molecular weight excluding hydrogens is 238 g/mol. The summed E-state index contributed by atoms with van der Waals surface area (Å²) in [5.74, 6) is 2.05. The van der Waals surface area contributed by atoms with E-state index in [1.54, 1.807) is 7.11 Å². The van der Waals surface area contributed by atoms with Gasteiger partial charge in [-0.05, 0) is 24.5 Å². The van der Waals surface area contributed by atoms with E-state index in [1.165, 1.54) is 17.7 Å². The van der Waals surface area contributed by atoms with Crippen molar-refractivity contribution in [2.24, 2.45) is 7.05 Å². The van der Waals surface area contributed by atoms with E-state index in [2.05, 4.69) is 26.6 Å². The third-order valence-electron chi connectivity index (χ3n) is 3.75. The third-order valence-corrected chi connectivity index (χ3v) is 3.75. The molecule has 0 atom stereocenters. The quantitative estimate of drug-likeness (QED) is 0.845. The van der Waals surface area contributed by atoms with Gasteiger partial charge in [-0.2, -0.15) is 0 Å². The van der Waals surface area contributed by atoms with Crippen molar-refractivity contribution in [1.82, 2.24) is 9.55 Å². The molecule has 1 aliphatic rings. The predicted octanol–water partition coefficient (Wildman–Crippen LogP) is 2.38. The molecular formula is C15H19N3O. The molecule has 0 fully saturated rings. The Balaban J connectivity index is 1.96. The molecule has 0 radical (unpaired) electrons. The van der Waals surface area contributed by atoms with Gasteiger partial charge < -0.3 is 14.2 Å². The fourth-order valence-corrected chi connectivity index (χ4v) is 2.74. The van der Waals surface area contributed by atoms with Gasteiger partial charge in [0.15, 0.2) is 0 Å². The molecule has 0 unspecified atom stereocenters. The van der Waals surface area contributed by atoms with Crippen LogP contribution in [0.2, 0.25) is 0 Å². The molecule has 0 spiro atoms. The Morgan fingerprint density at radius 1 is 1.37 bits per heavy atom. The maximum absolute atomic E-state index is 5.52. The molecule has 19 heavy (non-hydrogen) atoms. The van der Waals surface area contributed by atoms with Crippen LogP contribution in [0.4, 0.5) is 5.69 Å². The van der Waals surface area contributed by atoms with E-state index in [9.17, 15) is 0 Å². The molecule has 1 aliphatic heterocycles. The van der Waals surface area contributed by atoms with Crippen molar-refractivity contribution in [2.45, 2.75) is 19.4 Å². The van der Waals surface area contributed by atoms with Crippen molar-refractivity contribution in [2.75, 3.05) is 18.6 Å². The Kier molecular flexibility index (Phi) is 3.15. The van der Waals surface area contributed by atoms with Crippen LogP contribution in [0.3, 0.4) is 0 Å². The van der Waals surface area contributed by atoms with Gasteiger partial charge in [0.05, 0.1) is 19.3 Å². The van der Waals surface area contributed by atoms with Gasteiger partial charge in [0.25, 0.3) is 0 Å². The molecule has 0 amide bonds. The molecule has 2 aromatic rings. The fraction of sp³-hybridized carbons (Fsp3) is 0.400. The number of nitrogens with zero attached hydrogens (tertiary/aromatic N) is 3. The highest BCUT2D eigenvalue weighted by molar-refractivity contribution is 5.65. The number of rotatable bonds is 3. The number of hydrogen-bond acceptors (Lipinski definition) is 3. The molecule has 0 bridgehead atoms. The minimum Gasteiger partial charge on any atom is -0.495 e. The van der Waals surface area contributed by atoms with E-state index in [1.807, 2.05) is 25.5 Å². The van der Waals surface area contributed by atoms with Crippen molar-refractivity contribution in [3.05, 3.63) is 42.0 Å². The summed E-state index contributed by atoms with van der Waals surface area (Å²) >= 11 is 0. The SMILES string of the molecule is COc1cccc2c1N(Cc1nccn1C)CCC2. The lowest BCUT2D eigenvalue weighted by Crippen LogP contribution is -2.30. The number of para-hydroxylation sites is 1. The first-order valence-electron chi connectivity index (χ1n) is 6.66. The van der Waals surface area contributed by atoms with E-state index < -0.39 is 0 Å². The van der Waals surface area contributed by atoms with Gasteiger partial charge in [-0.15, -0.1) is 0 Å². The van der Waals surface area contributed by atoms with Gasteiger partial charge in [-0.1, -0.05) is 12.1 Å². The molecule has 1 aromatic heterocycles. The molecule has 0 saturated carbocycles. The lowest BCUT2D eigenvalue weighted by molar-refractivity contribution is 0.412. The molecule has 0 aliphatic carbocycles.